The minimum Gasteiger partial charge on any atom is -0.462 e. The van der Waals surface area contributed by atoms with Gasteiger partial charge in [0.2, 0.25) is 5.91 Å². The molecule has 3 unspecified atom stereocenters. The molecule has 0 fully saturated rings. The molecule has 6 heteroatoms. The predicted molar refractivity (Wildman–Crippen MR) is 301 cm³/mol. The van der Waals surface area contributed by atoms with E-state index in [0.29, 0.717) is 19.3 Å². The normalized spacial score (nSPS) is 13.4. The van der Waals surface area contributed by atoms with Crippen molar-refractivity contribution in [3.63, 3.8) is 0 Å². The van der Waals surface area contributed by atoms with Crippen molar-refractivity contribution in [3.8, 4) is 0 Å². The van der Waals surface area contributed by atoms with Crippen LogP contribution in [0.3, 0.4) is 0 Å². The minimum absolute atomic E-state index is 0.0709. The second-order valence-corrected chi connectivity index (χ2v) is 20.7. The molecule has 69 heavy (non-hydrogen) atoms. The van der Waals surface area contributed by atoms with Gasteiger partial charge < -0.3 is 20.3 Å². The van der Waals surface area contributed by atoms with Gasteiger partial charge in [-0.2, -0.15) is 0 Å². The summed E-state index contributed by atoms with van der Waals surface area (Å²) < 4.78 is 5.97. The van der Waals surface area contributed by atoms with Crippen molar-refractivity contribution < 1.29 is 24.5 Å². The lowest BCUT2D eigenvalue weighted by atomic mass is 10.0. The average molecular weight is 969 g/mol. The highest BCUT2D eigenvalue weighted by Gasteiger charge is 2.24. The number of nitrogens with one attached hydrogen (secondary N) is 1. The largest absolute Gasteiger partial charge is 0.462 e. The van der Waals surface area contributed by atoms with Crippen LogP contribution in [0.4, 0.5) is 0 Å². The number of aliphatic hydroxyl groups excluding tert-OH is 2. The van der Waals surface area contributed by atoms with Gasteiger partial charge in [0, 0.05) is 6.42 Å². The summed E-state index contributed by atoms with van der Waals surface area (Å²) >= 11 is 0. The molecule has 3 atom stereocenters. The van der Waals surface area contributed by atoms with Crippen molar-refractivity contribution in [3.05, 3.63) is 48.6 Å². The average Bonchev–Trinajstić information content (AvgIpc) is 3.34. The summed E-state index contributed by atoms with van der Waals surface area (Å²) in [6.07, 6.45) is 70.3. The summed E-state index contributed by atoms with van der Waals surface area (Å²) in [5, 5.41) is 23.9. The van der Waals surface area contributed by atoms with Gasteiger partial charge in [0.25, 0.3) is 0 Å². The third kappa shape index (κ3) is 52.0. The number of rotatable bonds is 55. The number of carbonyl (C=O) groups excluding carboxylic acids is 2. The summed E-state index contributed by atoms with van der Waals surface area (Å²) in [5.41, 5.74) is 0. The smallest absolute Gasteiger partial charge is 0.306 e. The molecule has 0 radical (unpaired) electrons. The first-order valence-corrected chi connectivity index (χ1v) is 30.4. The molecule has 0 aliphatic rings. The van der Waals surface area contributed by atoms with E-state index in [2.05, 4.69) is 74.7 Å². The van der Waals surface area contributed by atoms with Crippen molar-refractivity contribution in [1.82, 2.24) is 5.32 Å². The fourth-order valence-corrected chi connectivity index (χ4v) is 9.26. The maximum atomic E-state index is 13.3. The molecule has 0 aromatic carbocycles. The lowest BCUT2D eigenvalue weighted by Gasteiger charge is -2.24. The molecule has 0 rings (SSSR count). The lowest BCUT2D eigenvalue weighted by Crippen LogP contribution is -2.46. The fourth-order valence-electron chi connectivity index (χ4n) is 9.26. The van der Waals surface area contributed by atoms with E-state index >= 15 is 0 Å². The van der Waals surface area contributed by atoms with E-state index in [0.717, 1.165) is 77.0 Å². The van der Waals surface area contributed by atoms with Gasteiger partial charge in [-0.3, -0.25) is 9.59 Å². The fraction of sp³-hybridized carbons (Fsp3) is 0.841. The molecule has 0 aromatic rings. The summed E-state index contributed by atoms with van der Waals surface area (Å²) in [7, 11) is 0. The van der Waals surface area contributed by atoms with Gasteiger partial charge in [-0.1, -0.05) is 262 Å². The van der Waals surface area contributed by atoms with Gasteiger partial charge in [0.15, 0.2) is 0 Å². The van der Waals surface area contributed by atoms with E-state index in [1.807, 2.05) is 0 Å². The van der Waals surface area contributed by atoms with Crippen LogP contribution in [0.2, 0.25) is 0 Å². The van der Waals surface area contributed by atoms with Gasteiger partial charge in [-0.15, -0.1) is 0 Å². The molecule has 0 heterocycles. The molecule has 0 saturated heterocycles. The molecule has 3 N–H and O–H groups in total. The van der Waals surface area contributed by atoms with E-state index in [-0.39, 0.29) is 24.9 Å². The molecule has 0 aliphatic heterocycles. The summed E-state index contributed by atoms with van der Waals surface area (Å²) in [6, 6.07) is -0.706. The zero-order chi connectivity index (χ0) is 50.2. The number of unbranched alkanes of at least 4 members (excludes halogenated alkanes) is 35. The summed E-state index contributed by atoms with van der Waals surface area (Å²) in [6.45, 7) is 6.48. The lowest BCUT2D eigenvalue weighted by molar-refractivity contribution is -0.151. The second kappa shape index (κ2) is 56.7. The van der Waals surface area contributed by atoms with E-state index in [9.17, 15) is 19.8 Å². The zero-order valence-corrected chi connectivity index (χ0v) is 46.2. The van der Waals surface area contributed by atoms with Crippen LogP contribution >= 0.6 is 0 Å². The van der Waals surface area contributed by atoms with Crippen LogP contribution in [0, 0.1) is 0 Å². The number of hydrogen-bond donors (Lipinski definition) is 3. The third-order valence-electron chi connectivity index (χ3n) is 13.9. The van der Waals surface area contributed by atoms with Gasteiger partial charge in [0.1, 0.15) is 6.10 Å². The Hall–Kier alpha value is -2.18. The van der Waals surface area contributed by atoms with Crippen molar-refractivity contribution in [2.45, 2.75) is 334 Å². The predicted octanol–water partition coefficient (Wildman–Crippen LogP) is 19.0. The summed E-state index contributed by atoms with van der Waals surface area (Å²) in [5.74, 6) is -0.479. The highest BCUT2D eigenvalue weighted by Crippen LogP contribution is 2.19. The number of esters is 1. The SMILES string of the molecule is CCCCC/C=C\C/C=C\C/C=C\CCCCCCCCC(=O)OC(CCCCCCCCC/C=C/CCCCCCCC)CC(=O)NC(CO)C(O)CCCCCCCCCCCCCCCC. The molecule has 0 aliphatic carbocycles. The maximum absolute atomic E-state index is 13.3. The minimum atomic E-state index is -0.792. The number of amides is 1. The molecule has 6 nitrogen and oxygen atoms in total. The van der Waals surface area contributed by atoms with Crippen LogP contribution in [0.15, 0.2) is 48.6 Å². The Morgan fingerprint density at radius 1 is 0.420 bits per heavy atom. The van der Waals surface area contributed by atoms with Crippen molar-refractivity contribution in [2.24, 2.45) is 0 Å². The third-order valence-corrected chi connectivity index (χ3v) is 13.9. The molecule has 0 spiro atoms. The zero-order valence-electron chi connectivity index (χ0n) is 46.2. The Morgan fingerprint density at radius 3 is 1.16 bits per heavy atom. The topological polar surface area (TPSA) is 95.9 Å². The highest BCUT2D eigenvalue weighted by atomic mass is 16.5. The Kier molecular flexibility index (Phi) is 54.9. The van der Waals surface area contributed by atoms with E-state index in [1.54, 1.807) is 0 Å². The molecule has 0 bridgehead atoms. The van der Waals surface area contributed by atoms with Crippen LogP contribution in [-0.4, -0.2) is 46.9 Å². The number of ether oxygens (including phenoxy) is 1. The molecule has 1 amide bonds. The van der Waals surface area contributed by atoms with Gasteiger partial charge in [-0.25, -0.2) is 0 Å². The van der Waals surface area contributed by atoms with Crippen molar-refractivity contribution in [1.29, 1.82) is 0 Å². The Bertz CT molecular complexity index is 1180. The molecule has 404 valence electrons. The first-order valence-electron chi connectivity index (χ1n) is 30.4. The maximum Gasteiger partial charge on any atom is 0.306 e. The molecule has 0 saturated carbocycles. The van der Waals surface area contributed by atoms with Gasteiger partial charge in [-0.05, 0) is 89.9 Å². The van der Waals surface area contributed by atoms with Crippen LogP contribution < -0.4 is 5.32 Å². The van der Waals surface area contributed by atoms with Crippen LogP contribution in [0.25, 0.3) is 0 Å². The van der Waals surface area contributed by atoms with Gasteiger partial charge >= 0.3 is 5.97 Å². The van der Waals surface area contributed by atoms with Gasteiger partial charge in [0.05, 0.1) is 25.2 Å². The van der Waals surface area contributed by atoms with Crippen LogP contribution in [-0.2, 0) is 14.3 Å². The van der Waals surface area contributed by atoms with Crippen LogP contribution in [0.1, 0.15) is 316 Å². The van der Waals surface area contributed by atoms with E-state index in [4.69, 9.17) is 4.74 Å². The van der Waals surface area contributed by atoms with E-state index in [1.165, 1.54) is 193 Å². The number of aliphatic hydroxyl groups is 2. The molecular weight excluding hydrogens is 851 g/mol. The van der Waals surface area contributed by atoms with Crippen LogP contribution in [0.5, 0.6) is 0 Å². The second-order valence-electron chi connectivity index (χ2n) is 20.7. The first kappa shape index (κ1) is 66.8. The molecule has 0 aromatic heterocycles. The quantitative estimate of drug-likeness (QED) is 0.0321. The Labute approximate surface area is 429 Å². The number of allylic oxidation sites excluding steroid dienone is 8. The highest BCUT2D eigenvalue weighted by molar-refractivity contribution is 5.77. The van der Waals surface area contributed by atoms with E-state index < -0.39 is 18.2 Å². The standard InChI is InChI=1S/C63H117NO5/c1-4-7-10-13-16-19-22-25-28-30-31-33-35-38-41-44-47-50-53-56-63(68)69-59(54-51-48-45-42-39-36-34-32-29-26-23-20-17-14-11-8-5-2)57-62(67)64-60(58-65)61(66)55-52-49-46-43-40-37-27-24-21-18-15-12-9-6-3/h16,19,25-26,28-29,31,33,59-61,65-66H,4-15,17-18,20-24,27,30,32,34-58H2,1-3H3,(H,64,67)/b19-16-,28-25-,29-26+,33-31-. The van der Waals surface area contributed by atoms with Crippen molar-refractivity contribution >= 4 is 11.9 Å². The molecular formula is C63H117NO5. The first-order chi connectivity index (χ1) is 34.0. The number of carbonyl (C=O) groups is 2. The monoisotopic (exact) mass is 968 g/mol. The van der Waals surface area contributed by atoms with Crippen molar-refractivity contribution in [2.75, 3.05) is 6.61 Å². The Balaban J connectivity index is 4.57. The number of hydrogen-bond acceptors (Lipinski definition) is 5. The summed E-state index contributed by atoms with van der Waals surface area (Å²) in [4.78, 5) is 26.3. The Morgan fingerprint density at radius 2 is 0.739 bits per heavy atom.